The molecule has 4 amide bonds. The van der Waals surface area contributed by atoms with Gasteiger partial charge in [-0.2, -0.15) is 0 Å². The molecule has 0 radical (unpaired) electrons. The van der Waals surface area contributed by atoms with Crippen LogP contribution in [-0.4, -0.2) is 58.2 Å². The van der Waals surface area contributed by atoms with E-state index >= 15 is 0 Å². The number of amides is 4. The Balaban J connectivity index is 1.87. The van der Waals surface area contributed by atoms with Crippen molar-refractivity contribution < 1.29 is 33.5 Å². The number of carbonyl (C=O) groups is 5. The van der Waals surface area contributed by atoms with Crippen molar-refractivity contribution in [3.63, 3.8) is 0 Å². The van der Waals surface area contributed by atoms with Gasteiger partial charge in [0.15, 0.2) is 5.78 Å². The second kappa shape index (κ2) is 20.2. The summed E-state index contributed by atoms with van der Waals surface area (Å²) in [5, 5.41) is 5.28. The SMILES string of the molecule is CCCCC[C@H](CC(=O)NOCc1ccccc1)C(=O)N1[C@H](C(=O)N[C@H](C(=O)CC)[C@H](C)CC)CCCN1C(=O)OCc1ccccc1. The maximum absolute atomic E-state index is 14.5. The van der Waals surface area contributed by atoms with Crippen LogP contribution in [0.5, 0.6) is 0 Å². The van der Waals surface area contributed by atoms with Crippen LogP contribution in [-0.2, 0) is 42.0 Å². The smallest absolute Gasteiger partial charge is 0.429 e. The minimum Gasteiger partial charge on any atom is -0.443 e. The number of ketones is 1. The minimum atomic E-state index is -1.07. The summed E-state index contributed by atoms with van der Waals surface area (Å²) in [4.78, 5) is 73.4. The first kappa shape index (κ1) is 38.2. The second-order valence-corrected chi connectivity index (χ2v) is 12.4. The number of nitrogens with zero attached hydrogens (tertiary/aromatic N) is 2. The predicted octanol–water partition coefficient (Wildman–Crippen LogP) is 5.88. The molecule has 48 heavy (non-hydrogen) atoms. The Morgan fingerprint density at radius 3 is 2.15 bits per heavy atom. The predicted molar refractivity (Wildman–Crippen MR) is 182 cm³/mol. The molecule has 11 heteroatoms. The number of unbranched alkanes of at least 4 members (excludes halogenated alkanes) is 2. The van der Waals surface area contributed by atoms with Crippen LogP contribution >= 0.6 is 0 Å². The van der Waals surface area contributed by atoms with Crippen molar-refractivity contribution in [3.05, 3.63) is 71.8 Å². The van der Waals surface area contributed by atoms with Crippen LogP contribution in [0.1, 0.15) is 96.6 Å². The highest BCUT2D eigenvalue weighted by molar-refractivity contribution is 5.94. The van der Waals surface area contributed by atoms with Crippen molar-refractivity contribution in [2.45, 2.75) is 111 Å². The largest absolute Gasteiger partial charge is 0.443 e. The summed E-state index contributed by atoms with van der Waals surface area (Å²) in [6, 6.07) is 16.7. The molecule has 0 spiro atoms. The lowest BCUT2D eigenvalue weighted by atomic mass is 9.92. The average Bonchev–Trinajstić information content (AvgIpc) is 3.12. The molecule has 1 heterocycles. The van der Waals surface area contributed by atoms with Gasteiger partial charge in [0.05, 0.1) is 12.6 Å². The highest BCUT2D eigenvalue weighted by Gasteiger charge is 2.44. The Morgan fingerprint density at radius 2 is 1.54 bits per heavy atom. The lowest BCUT2D eigenvalue weighted by molar-refractivity contribution is -0.169. The van der Waals surface area contributed by atoms with E-state index in [1.54, 1.807) is 6.92 Å². The number of carbonyl (C=O) groups excluding carboxylic acids is 5. The Bertz CT molecular complexity index is 1320. The molecule has 262 valence electrons. The number of nitrogens with one attached hydrogen (secondary N) is 2. The van der Waals surface area contributed by atoms with E-state index in [-0.39, 0.29) is 50.7 Å². The Hall–Kier alpha value is -4.25. The van der Waals surface area contributed by atoms with Crippen molar-refractivity contribution in [2.24, 2.45) is 11.8 Å². The molecule has 1 aliphatic rings. The average molecular weight is 665 g/mol. The molecule has 2 aromatic carbocycles. The molecular formula is C37H52N4O7. The number of ether oxygens (including phenoxy) is 1. The van der Waals surface area contributed by atoms with Gasteiger partial charge < -0.3 is 10.1 Å². The summed E-state index contributed by atoms with van der Waals surface area (Å²) in [7, 11) is 0. The fourth-order valence-electron chi connectivity index (χ4n) is 5.75. The van der Waals surface area contributed by atoms with Crippen LogP contribution in [0.25, 0.3) is 0 Å². The van der Waals surface area contributed by atoms with Crippen LogP contribution in [0.2, 0.25) is 0 Å². The van der Waals surface area contributed by atoms with Gasteiger partial charge in [-0.25, -0.2) is 20.3 Å². The minimum absolute atomic E-state index is 0.0166. The van der Waals surface area contributed by atoms with E-state index in [0.717, 1.165) is 24.0 Å². The number of hydrogen-bond donors (Lipinski definition) is 2. The molecule has 0 unspecified atom stereocenters. The third kappa shape index (κ3) is 11.5. The summed E-state index contributed by atoms with van der Waals surface area (Å²) in [6.45, 7) is 7.93. The van der Waals surface area contributed by atoms with E-state index in [2.05, 4.69) is 10.8 Å². The maximum Gasteiger partial charge on any atom is 0.429 e. The van der Waals surface area contributed by atoms with Gasteiger partial charge in [0.1, 0.15) is 12.6 Å². The zero-order chi connectivity index (χ0) is 34.9. The van der Waals surface area contributed by atoms with Crippen molar-refractivity contribution in [2.75, 3.05) is 6.54 Å². The van der Waals surface area contributed by atoms with Crippen LogP contribution in [0.4, 0.5) is 4.79 Å². The van der Waals surface area contributed by atoms with Crippen LogP contribution in [0.15, 0.2) is 60.7 Å². The van der Waals surface area contributed by atoms with Crippen LogP contribution < -0.4 is 10.8 Å². The molecule has 11 nitrogen and oxygen atoms in total. The number of hydrazine groups is 1. The van der Waals surface area contributed by atoms with Crippen molar-refractivity contribution in [1.82, 2.24) is 20.8 Å². The van der Waals surface area contributed by atoms with Gasteiger partial charge in [0.2, 0.25) is 17.7 Å². The molecule has 3 rings (SSSR count). The molecule has 4 atom stereocenters. The van der Waals surface area contributed by atoms with Gasteiger partial charge in [-0.15, -0.1) is 0 Å². The molecule has 1 aliphatic heterocycles. The molecule has 2 aromatic rings. The molecular weight excluding hydrogens is 612 g/mol. The van der Waals surface area contributed by atoms with Crippen molar-refractivity contribution in [1.29, 1.82) is 0 Å². The first-order valence-corrected chi connectivity index (χ1v) is 17.3. The van der Waals surface area contributed by atoms with Crippen molar-refractivity contribution in [3.8, 4) is 0 Å². The summed E-state index contributed by atoms with van der Waals surface area (Å²) in [6.07, 6.45) is 3.48. The topological polar surface area (TPSA) is 134 Å². The van der Waals surface area contributed by atoms with Gasteiger partial charge in [0.25, 0.3) is 0 Å². The van der Waals surface area contributed by atoms with Gasteiger partial charge >= 0.3 is 6.09 Å². The first-order chi connectivity index (χ1) is 23.2. The lowest BCUT2D eigenvalue weighted by Crippen LogP contribution is -2.64. The maximum atomic E-state index is 14.5. The van der Waals surface area contributed by atoms with Gasteiger partial charge in [0, 0.05) is 25.3 Å². The number of hydrogen-bond acceptors (Lipinski definition) is 7. The molecule has 1 fully saturated rings. The zero-order valence-electron chi connectivity index (χ0n) is 28.8. The number of rotatable bonds is 18. The Kier molecular flexibility index (Phi) is 16.1. The zero-order valence-corrected chi connectivity index (χ0v) is 28.8. The number of hydroxylamine groups is 1. The van der Waals surface area contributed by atoms with Crippen molar-refractivity contribution >= 4 is 29.6 Å². The van der Waals surface area contributed by atoms with E-state index in [1.165, 1.54) is 10.0 Å². The second-order valence-electron chi connectivity index (χ2n) is 12.4. The highest BCUT2D eigenvalue weighted by Crippen LogP contribution is 2.27. The molecule has 0 aromatic heterocycles. The molecule has 2 N–H and O–H groups in total. The van der Waals surface area contributed by atoms with E-state index in [1.807, 2.05) is 81.4 Å². The van der Waals surface area contributed by atoms with Crippen LogP contribution in [0, 0.1) is 11.8 Å². The lowest BCUT2D eigenvalue weighted by Gasteiger charge is -2.44. The van der Waals surface area contributed by atoms with E-state index < -0.39 is 41.8 Å². The van der Waals surface area contributed by atoms with E-state index in [0.29, 0.717) is 25.7 Å². The third-order valence-electron chi connectivity index (χ3n) is 8.76. The Labute approximate surface area is 284 Å². The normalized spacial score (nSPS) is 16.4. The summed E-state index contributed by atoms with van der Waals surface area (Å²) in [5.74, 6) is -2.58. The first-order valence-electron chi connectivity index (χ1n) is 17.3. The fraction of sp³-hybridized carbons (Fsp3) is 0.541. The monoisotopic (exact) mass is 664 g/mol. The number of benzene rings is 2. The third-order valence-corrected chi connectivity index (χ3v) is 8.76. The standard InChI is InChI=1S/C37H52N4O7/c1-5-8-11-21-30(24-33(43)39-48-26-29-19-14-10-15-20-29)36(45)41-31(35(44)38-34(27(4)6-2)32(42)7-3)22-16-23-40(41)37(46)47-25-28-17-12-9-13-18-28/h9-10,12-15,17-20,27,30-31,34H,5-8,11,16,21-26H2,1-4H3,(H,38,44)(H,39,43)/t27-,30-,31+,34+/m1/s1. The Morgan fingerprint density at radius 1 is 0.896 bits per heavy atom. The number of Topliss-reactive ketones (excluding diaryl/α,β-unsaturated/α-hetero) is 1. The fourth-order valence-corrected chi connectivity index (χ4v) is 5.75. The quantitative estimate of drug-likeness (QED) is 0.150. The summed E-state index contributed by atoms with van der Waals surface area (Å²) in [5.41, 5.74) is 4.09. The van der Waals surface area contributed by atoms with Gasteiger partial charge in [-0.05, 0) is 36.3 Å². The van der Waals surface area contributed by atoms with E-state index in [4.69, 9.17) is 9.57 Å². The van der Waals surface area contributed by atoms with E-state index in [9.17, 15) is 24.0 Å². The van der Waals surface area contributed by atoms with Crippen LogP contribution in [0.3, 0.4) is 0 Å². The summed E-state index contributed by atoms with van der Waals surface area (Å²) < 4.78 is 5.63. The molecule has 0 bridgehead atoms. The molecule has 1 saturated heterocycles. The van der Waals surface area contributed by atoms with Gasteiger partial charge in [-0.1, -0.05) is 114 Å². The summed E-state index contributed by atoms with van der Waals surface area (Å²) >= 11 is 0. The molecule has 0 saturated carbocycles. The molecule has 0 aliphatic carbocycles. The highest BCUT2D eigenvalue weighted by atomic mass is 16.6. The van der Waals surface area contributed by atoms with Gasteiger partial charge in [-0.3, -0.25) is 24.0 Å².